The Kier molecular flexibility index (Phi) is 11.6. The second-order valence-corrected chi connectivity index (χ2v) is 13.2. The zero-order valence-corrected chi connectivity index (χ0v) is 28.0. The normalized spacial score (nSPS) is 11.9. The molecule has 47 heavy (non-hydrogen) atoms. The molecule has 0 aliphatic heterocycles. The van der Waals surface area contributed by atoms with Crippen molar-refractivity contribution < 1.29 is 31.9 Å². The summed E-state index contributed by atoms with van der Waals surface area (Å²) in [4.78, 5) is 29.7. The molecule has 9 nitrogen and oxygen atoms in total. The fourth-order valence-corrected chi connectivity index (χ4v) is 6.47. The quantitative estimate of drug-likeness (QED) is 0.191. The van der Waals surface area contributed by atoms with Crippen LogP contribution in [-0.4, -0.2) is 58.0 Å². The first kappa shape index (κ1) is 35.0. The van der Waals surface area contributed by atoms with Crippen LogP contribution in [0.5, 0.6) is 11.5 Å². The summed E-state index contributed by atoms with van der Waals surface area (Å²) in [5, 5.41) is 2.91. The fraction of sp³-hybridized carbons (Fsp3) is 0.278. The van der Waals surface area contributed by atoms with Crippen LogP contribution in [0.25, 0.3) is 0 Å². The van der Waals surface area contributed by atoms with Crippen LogP contribution in [0.2, 0.25) is 0 Å². The van der Waals surface area contributed by atoms with Crippen LogP contribution < -0.4 is 19.1 Å². The molecule has 0 aliphatic rings. The van der Waals surface area contributed by atoms with Crippen molar-refractivity contribution in [3.63, 3.8) is 0 Å². The third-order valence-corrected chi connectivity index (χ3v) is 9.30. The van der Waals surface area contributed by atoms with Crippen LogP contribution in [0.4, 0.5) is 10.1 Å². The number of nitrogens with zero attached hydrogens (tertiary/aromatic N) is 2. The molecular formula is C36H40FN3O6S. The number of ether oxygens (including phenoxy) is 2. The standard InChI is InChI=1S/C36H40FN3O6S/c1-25(2)38-36(42)32(21-27-9-7-6-8-10-27)39(23-28-13-15-29(37)16-14-28)35(41)24-40(30-17-20-33(45-4)34(22-30)46-5)47(43,44)31-18-11-26(3)12-19-31/h6-20,22,25,32H,21,23-24H2,1-5H3,(H,38,42)/t32-/m1/s1. The highest BCUT2D eigenvalue weighted by atomic mass is 32.2. The molecule has 1 atom stereocenters. The summed E-state index contributed by atoms with van der Waals surface area (Å²) in [6, 6.07) is 24.5. The summed E-state index contributed by atoms with van der Waals surface area (Å²) < 4.78 is 54.2. The number of aryl methyl sites for hydroxylation is 1. The van der Waals surface area contributed by atoms with Crippen molar-refractivity contribution in [2.75, 3.05) is 25.1 Å². The highest BCUT2D eigenvalue weighted by Crippen LogP contribution is 2.34. The average Bonchev–Trinajstić information content (AvgIpc) is 3.05. The number of hydrogen-bond acceptors (Lipinski definition) is 6. The Morgan fingerprint density at radius 2 is 1.47 bits per heavy atom. The summed E-state index contributed by atoms with van der Waals surface area (Å²) in [7, 11) is -1.42. The van der Waals surface area contributed by atoms with E-state index < -0.39 is 40.2 Å². The van der Waals surface area contributed by atoms with Crippen LogP contribution in [-0.2, 0) is 32.6 Å². The maximum absolute atomic E-state index is 14.5. The Bertz CT molecular complexity index is 1770. The minimum absolute atomic E-state index is 0.0193. The third kappa shape index (κ3) is 8.88. The van der Waals surface area contributed by atoms with Gasteiger partial charge in [0.15, 0.2) is 11.5 Å². The number of benzene rings is 4. The van der Waals surface area contributed by atoms with Gasteiger partial charge in [0, 0.05) is 25.1 Å². The van der Waals surface area contributed by atoms with Crippen molar-refractivity contribution in [1.82, 2.24) is 10.2 Å². The average molecular weight is 662 g/mol. The predicted molar refractivity (Wildman–Crippen MR) is 179 cm³/mol. The van der Waals surface area contributed by atoms with Crippen molar-refractivity contribution in [3.8, 4) is 11.5 Å². The molecule has 11 heteroatoms. The second kappa shape index (κ2) is 15.6. The lowest BCUT2D eigenvalue weighted by molar-refractivity contribution is -0.140. The van der Waals surface area contributed by atoms with Gasteiger partial charge < -0.3 is 19.7 Å². The summed E-state index contributed by atoms with van der Waals surface area (Å²) in [5.74, 6) is -0.851. The monoisotopic (exact) mass is 661 g/mol. The zero-order chi connectivity index (χ0) is 34.1. The number of hydrogen-bond donors (Lipinski definition) is 1. The molecule has 4 aromatic rings. The van der Waals surface area contributed by atoms with Gasteiger partial charge in [-0.05, 0) is 68.3 Å². The SMILES string of the molecule is COc1ccc(N(CC(=O)N(Cc2ccc(F)cc2)[C@H](Cc2ccccc2)C(=O)NC(C)C)S(=O)(=O)c2ccc(C)cc2)cc1OC. The lowest BCUT2D eigenvalue weighted by atomic mass is 10.0. The van der Waals surface area contributed by atoms with E-state index in [-0.39, 0.29) is 35.3 Å². The fourth-order valence-electron chi connectivity index (χ4n) is 5.07. The predicted octanol–water partition coefficient (Wildman–Crippen LogP) is 5.51. The van der Waals surface area contributed by atoms with Crippen LogP contribution in [0.3, 0.4) is 0 Å². The molecule has 4 aromatic carbocycles. The number of amides is 2. The molecule has 248 valence electrons. The highest BCUT2D eigenvalue weighted by Gasteiger charge is 2.35. The number of carbonyl (C=O) groups is 2. The Morgan fingerprint density at radius 3 is 2.06 bits per heavy atom. The Hall–Kier alpha value is -4.90. The van der Waals surface area contributed by atoms with Crippen molar-refractivity contribution >= 4 is 27.5 Å². The van der Waals surface area contributed by atoms with Gasteiger partial charge in [0.2, 0.25) is 11.8 Å². The van der Waals surface area contributed by atoms with Crippen molar-refractivity contribution in [3.05, 3.63) is 120 Å². The van der Waals surface area contributed by atoms with E-state index in [1.54, 1.807) is 18.2 Å². The van der Waals surface area contributed by atoms with E-state index >= 15 is 0 Å². The van der Waals surface area contributed by atoms with Gasteiger partial charge in [-0.1, -0.05) is 60.2 Å². The van der Waals surface area contributed by atoms with E-state index in [1.807, 2.05) is 51.1 Å². The number of anilines is 1. The van der Waals surface area contributed by atoms with Crippen molar-refractivity contribution in [2.45, 2.75) is 50.7 Å². The molecule has 0 aromatic heterocycles. The number of sulfonamides is 1. The van der Waals surface area contributed by atoms with Gasteiger partial charge in [-0.2, -0.15) is 0 Å². The van der Waals surface area contributed by atoms with Gasteiger partial charge >= 0.3 is 0 Å². The van der Waals surface area contributed by atoms with Crippen molar-refractivity contribution in [2.24, 2.45) is 0 Å². The summed E-state index contributed by atoms with van der Waals surface area (Å²) in [6.07, 6.45) is 0.160. The first-order chi connectivity index (χ1) is 22.4. The lowest BCUT2D eigenvalue weighted by Gasteiger charge is -2.34. The number of nitrogens with one attached hydrogen (secondary N) is 1. The molecule has 0 aliphatic carbocycles. The van der Waals surface area contributed by atoms with E-state index in [0.29, 0.717) is 11.3 Å². The molecule has 1 N–H and O–H groups in total. The smallest absolute Gasteiger partial charge is 0.264 e. The molecule has 0 fully saturated rings. The maximum Gasteiger partial charge on any atom is 0.264 e. The third-order valence-electron chi connectivity index (χ3n) is 7.51. The molecule has 0 bridgehead atoms. The molecule has 4 rings (SSSR count). The van der Waals surface area contributed by atoms with E-state index in [2.05, 4.69) is 5.32 Å². The van der Waals surface area contributed by atoms with Crippen LogP contribution in [0, 0.1) is 12.7 Å². The van der Waals surface area contributed by atoms with Crippen molar-refractivity contribution in [1.29, 1.82) is 0 Å². The van der Waals surface area contributed by atoms with Gasteiger partial charge in [0.1, 0.15) is 18.4 Å². The Balaban J connectivity index is 1.84. The summed E-state index contributed by atoms with van der Waals surface area (Å²) >= 11 is 0. The molecule has 2 amide bonds. The topological polar surface area (TPSA) is 105 Å². The largest absolute Gasteiger partial charge is 0.493 e. The van der Waals surface area contributed by atoms with E-state index in [4.69, 9.17) is 9.47 Å². The van der Waals surface area contributed by atoms with Gasteiger partial charge in [-0.25, -0.2) is 12.8 Å². The minimum atomic E-state index is -4.31. The molecule has 0 radical (unpaired) electrons. The van der Waals surface area contributed by atoms with Gasteiger partial charge in [0.05, 0.1) is 24.8 Å². The van der Waals surface area contributed by atoms with E-state index in [9.17, 15) is 22.4 Å². The second-order valence-electron chi connectivity index (χ2n) is 11.4. The van der Waals surface area contributed by atoms with Gasteiger partial charge in [-0.3, -0.25) is 13.9 Å². The molecule has 0 unspecified atom stereocenters. The molecule has 0 saturated carbocycles. The molecular weight excluding hydrogens is 621 g/mol. The lowest BCUT2D eigenvalue weighted by Crippen LogP contribution is -2.54. The molecule has 0 spiro atoms. The van der Waals surface area contributed by atoms with Crippen LogP contribution in [0.1, 0.15) is 30.5 Å². The Morgan fingerprint density at radius 1 is 0.830 bits per heavy atom. The Labute approximate surface area is 276 Å². The van der Waals surface area contributed by atoms with E-state index in [0.717, 1.165) is 15.4 Å². The van der Waals surface area contributed by atoms with Gasteiger partial charge in [0.25, 0.3) is 10.0 Å². The number of halogens is 1. The number of rotatable bonds is 14. The number of carbonyl (C=O) groups excluding carboxylic acids is 2. The summed E-state index contributed by atoms with van der Waals surface area (Å²) in [5.41, 5.74) is 2.39. The molecule has 0 heterocycles. The van der Waals surface area contributed by atoms with Crippen LogP contribution in [0.15, 0.2) is 102 Å². The zero-order valence-electron chi connectivity index (χ0n) is 27.1. The first-order valence-corrected chi connectivity index (χ1v) is 16.6. The first-order valence-electron chi connectivity index (χ1n) is 15.1. The summed E-state index contributed by atoms with van der Waals surface area (Å²) in [6.45, 7) is 4.75. The van der Waals surface area contributed by atoms with Crippen LogP contribution >= 0.6 is 0 Å². The maximum atomic E-state index is 14.5. The van der Waals surface area contributed by atoms with Gasteiger partial charge in [-0.15, -0.1) is 0 Å². The minimum Gasteiger partial charge on any atom is -0.493 e. The number of methoxy groups -OCH3 is 2. The highest BCUT2D eigenvalue weighted by molar-refractivity contribution is 7.92. The molecule has 0 saturated heterocycles. The van der Waals surface area contributed by atoms with E-state index in [1.165, 1.54) is 67.7 Å².